The van der Waals surface area contributed by atoms with Gasteiger partial charge >= 0.3 is 0 Å². The zero-order valence-corrected chi connectivity index (χ0v) is 16.1. The maximum atomic E-state index is 12.2. The maximum absolute atomic E-state index is 12.2. The molecule has 3 aromatic rings. The van der Waals surface area contributed by atoms with Crippen LogP contribution in [-0.4, -0.2) is 16.8 Å². The van der Waals surface area contributed by atoms with E-state index in [1.54, 1.807) is 24.3 Å². The number of aromatic nitrogens is 1. The summed E-state index contributed by atoms with van der Waals surface area (Å²) in [6.45, 7) is 5.63. The number of carbonyl (C=O) groups excluding carboxylic acids is 2. The molecule has 0 aliphatic rings. The lowest BCUT2D eigenvalue weighted by Gasteiger charge is -2.08. The number of anilines is 1. The van der Waals surface area contributed by atoms with Crippen LogP contribution in [0.3, 0.4) is 0 Å². The van der Waals surface area contributed by atoms with Crippen molar-refractivity contribution in [1.82, 2.24) is 5.16 Å². The van der Waals surface area contributed by atoms with E-state index in [1.165, 1.54) is 6.92 Å². The average Bonchev–Trinajstić information content (AvgIpc) is 2.99. The van der Waals surface area contributed by atoms with E-state index in [2.05, 4.69) is 10.5 Å². The fourth-order valence-electron chi connectivity index (χ4n) is 2.75. The van der Waals surface area contributed by atoms with Gasteiger partial charge in [0.25, 0.3) is 0 Å². The van der Waals surface area contributed by atoms with Crippen LogP contribution in [0.1, 0.15) is 39.9 Å². The standard InChI is InChI=1S/C22H22N2O4/c1-14-21(16(3)28-24-14)13-27-20-10-4-17(5-11-20)12-22(26)23-19-8-6-18(7-9-19)15(2)25/h4-11H,12-13H2,1-3H3,(H,23,26). The van der Waals surface area contributed by atoms with E-state index < -0.39 is 0 Å². The van der Waals surface area contributed by atoms with Crippen molar-refractivity contribution in [1.29, 1.82) is 0 Å². The number of hydrogen-bond acceptors (Lipinski definition) is 5. The quantitative estimate of drug-likeness (QED) is 0.622. The van der Waals surface area contributed by atoms with Gasteiger partial charge in [-0.15, -0.1) is 0 Å². The normalized spacial score (nSPS) is 10.5. The molecule has 1 heterocycles. The third-order valence-electron chi connectivity index (χ3n) is 4.43. The van der Waals surface area contributed by atoms with Crippen molar-refractivity contribution in [2.24, 2.45) is 0 Å². The molecule has 0 radical (unpaired) electrons. The van der Waals surface area contributed by atoms with Crippen molar-refractivity contribution in [2.75, 3.05) is 5.32 Å². The summed E-state index contributed by atoms with van der Waals surface area (Å²) < 4.78 is 10.9. The van der Waals surface area contributed by atoms with Gasteiger partial charge in [-0.05, 0) is 62.7 Å². The van der Waals surface area contributed by atoms with Crippen molar-refractivity contribution in [3.05, 3.63) is 76.7 Å². The Labute approximate surface area is 163 Å². The summed E-state index contributed by atoms with van der Waals surface area (Å²) in [6.07, 6.45) is 0.249. The second-order valence-corrected chi connectivity index (χ2v) is 6.59. The highest BCUT2D eigenvalue weighted by atomic mass is 16.5. The van der Waals surface area contributed by atoms with Crippen molar-refractivity contribution < 1.29 is 18.8 Å². The Bertz CT molecular complexity index is 953. The molecule has 1 N–H and O–H groups in total. The summed E-state index contributed by atoms with van der Waals surface area (Å²) in [7, 11) is 0. The lowest BCUT2D eigenvalue weighted by atomic mass is 10.1. The fraction of sp³-hybridized carbons (Fsp3) is 0.227. The van der Waals surface area contributed by atoms with Gasteiger partial charge in [-0.25, -0.2) is 0 Å². The van der Waals surface area contributed by atoms with Gasteiger partial charge in [0.2, 0.25) is 5.91 Å². The summed E-state index contributed by atoms with van der Waals surface area (Å²) in [5.74, 6) is 1.33. The SMILES string of the molecule is CC(=O)c1ccc(NC(=O)Cc2ccc(OCc3c(C)noc3C)cc2)cc1. The van der Waals surface area contributed by atoms with E-state index in [0.717, 1.165) is 22.6 Å². The number of benzene rings is 2. The predicted molar refractivity (Wildman–Crippen MR) is 106 cm³/mol. The highest BCUT2D eigenvalue weighted by molar-refractivity contribution is 5.96. The summed E-state index contributed by atoms with van der Waals surface area (Å²) >= 11 is 0. The van der Waals surface area contributed by atoms with Crippen molar-refractivity contribution in [3.63, 3.8) is 0 Å². The molecule has 0 saturated carbocycles. The minimum atomic E-state index is -0.125. The van der Waals surface area contributed by atoms with Crippen LogP contribution in [0.4, 0.5) is 5.69 Å². The molecule has 0 aliphatic heterocycles. The smallest absolute Gasteiger partial charge is 0.228 e. The average molecular weight is 378 g/mol. The van der Waals surface area contributed by atoms with Crippen LogP contribution in [0.15, 0.2) is 53.1 Å². The minimum Gasteiger partial charge on any atom is -0.489 e. The van der Waals surface area contributed by atoms with Crippen molar-refractivity contribution in [3.8, 4) is 5.75 Å². The van der Waals surface area contributed by atoms with Crippen molar-refractivity contribution in [2.45, 2.75) is 33.8 Å². The van der Waals surface area contributed by atoms with Gasteiger partial charge in [0.15, 0.2) is 5.78 Å². The molecule has 3 rings (SSSR count). The van der Waals surface area contributed by atoms with Crippen molar-refractivity contribution >= 4 is 17.4 Å². The topological polar surface area (TPSA) is 81.4 Å². The lowest BCUT2D eigenvalue weighted by molar-refractivity contribution is -0.115. The highest BCUT2D eigenvalue weighted by Crippen LogP contribution is 2.18. The van der Waals surface area contributed by atoms with Gasteiger partial charge in [0.1, 0.15) is 18.1 Å². The second-order valence-electron chi connectivity index (χ2n) is 6.59. The number of rotatable bonds is 7. The van der Waals surface area contributed by atoms with Crippen LogP contribution >= 0.6 is 0 Å². The van der Waals surface area contributed by atoms with E-state index in [-0.39, 0.29) is 18.1 Å². The Morgan fingerprint density at radius 1 is 1.04 bits per heavy atom. The molecule has 1 amide bonds. The zero-order valence-electron chi connectivity index (χ0n) is 16.1. The number of amides is 1. The number of nitrogens with one attached hydrogen (secondary N) is 1. The molecule has 0 aliphatic carbocycles. The third kappa shape index (κ3) is 4.85. The molecule has 0 unspecified atom stereocenters. The fourth-order valence-corrected chi connectivity index (χ4v) is 2.75. The summed E-state index contributed by atoms with van der Waals surface area (Å²) in [4.78, 5) is 23.5. The molecule has 0 spiro atoms. The van der Waals surface area contributed by atoms with Gasteiger partial charge in [0, 0.05) is 11.3 Å². The van der Waals surface area contributed by atoms with Crippen LogP contribution in [0.25, 0.3) is 0 Å². The molecule has 144 valence electrons. The van der Waals surface area contributed by atoms with Gasteiger partial charge in [0.05, 0.1) is 17.7 Å². The molecule has 0 atom stereocenters. The second kappa shape index (κ2) is 8.52. The maximum Gasteiger partial charge on any atom is 0.228 e. The first-order valence-corrected chi connectivity index (χ1v) is 8.96. The molecule has 0 fully saturated rings. The highest BCUT2D eigenvalue weighted by Gasteiger charge is 2.10. The molecule has 6 heteroatoms. The number of ketones is 1. The van der Waals surface area contributed by atoms with Gasteiger partial charge < -0.3 is 14.6 Å². The first-order chi connectivity index (χ1) is 13.4. The molecule has 0 bridgehead atoms. The Balaban J connectivity index is 1.53. The van der Waals surface area contributed by atoms with E-state index in [9.17, 15) is 9.59 Å². The van der Waals surface area contributed by atoms with Gasteiger partial charge in [-0.1, -0.05) is 17.3 Å². The molecule has 6 nitrogen and oxygen atoms in total. The van der Waals surface area contributed by atoms with Crippen LogP contribution < -0.4 is 10.1 Å². The van der Waals surface area contributed by atoms with Gasteiger partial charge in [-0.3, -0.25) is 9.59 Å². The first kappa shape index (κ1) is 19.4. The number of aryl methyl sites for hydroxylation is 2. The Hall–Kier alpha value is -3.41. The van der Waals surface area contributed by atoms with E-state index in [4.69, 9.17) is 9.26 Å². The summed E-state index contributed by atoms with van der Waals surface area (Å²) in [5.41, 5.74) is 3.92. The molecular weight excluding hydrogens is 356 g/mol. The number of hydrogen-bond donors (Lipinski definition) is 1. The van der Waals surface area contributed by atoms with Crippen LogP contribution in [0, 0.1) is 13.8 Å². The lowest BCUT2D eigenvalue weighted by Crippen LogP contribution is -2.14. The first-order valence-electron chi connectivity index (χ1n) is 8.96. The minimum absolute atomic E-state index is 0.00506. The number of ether oxygens (including phenoxy) is 1. The number of Topliss-reactive ketones (excluding diaryl/α,β-unsaturated/α-hetero) is 1. The van der Waals surface area contributed by atoms with E-state index in [0.29, 0.717) is 23.6 Å². The predicted octanol–water partition coefficient (Wildman–Crippen LogP) is 4.25. The van der Waals surface area contributed by atoms with E-state index >= 15 is 0 Å². The largest absolute Gasteiger partial charge is 0.489 e. The molecule has 1 aromatic heterocycles. The third-order valence-corrected chi connectivity index (χ3v) is 4.43. The summed E-state index contributed by atoms with van der Waals surface area (Å²) in [5, 5.41) is 6.74. The Morgan fingerprint density at radius 3 is 2.29 bits per heavy atom. The zero-order chi connectivity index (χ0) is 20.1. The van der Waals surface area contributed by atoms with Crippen LogP contribution in [-0.2, 0) is 17.8 Å². The molecule has 0 saturated heterocycles. The molecule has 28 heavy (non-hydrogen) atoms. The van der Waals surface area contributed by atoms with E-state index in [1.807, 2.05) is 38.1 Å². The van der Waals surface area contributed by atoms with Crippen LogP contribution in [0.2, 0.25) is 0 Å². The molecular formula is C22H22N2O4. The Kier molecular flexibility index (Phi) is 5.89. The number of carbonyl (C=O) groups is 2. The monoisotopic (exact) mass is 378 g/mol. The van der Waals surface area contributed by atoms with Crippen LogP contribution in [0.5, 0.6) is 5.75 Å². The summed E-state index contributed by atoms with van der Waals surface area (Å²) in [6, 6.07) is 14.2. The van der Waals surface area contributed by atoms with Gasteiger partial charge in [-0.2, -0.15) is 0 Å². The Morgan fingerprint density at radius 2 is 1.71 bits per heavy atom. The molecule has 2 aromatic carbocycles. The number of nitrogens with zero attached hydrogens (tertiary/aromatic N) is 1.